The summed E-state index contributed by atoms with van der Waals surface area (Å²) in [7, 11) is 0. The molecule has 6 rings (SSSR count). The van der Waals surface area contributed by atoms with Gasteiger partial charge in [0, 0.05) is 10.8 Å². The topological polar surface area (TPSA) is 9.23 Å². The van der Waals surface area contributed by atoms with E-state index in [1.165, 1.54) is 322 Å². The molecule has 0 saturated carbocycles. The first-order valence-electron chi connectivity index (χ1n) is 34.6. The van der Waals surface area contributed by atoms with E-state index in [1.54, 1.807) is 11.1 Å². The fourth-order valence-electron chi connectivity index (χ4n) is 13.6. The lowest BCUT2D eigenvalue weighted by atomic mass is 9.85. The molecular weight excluding hydrogens is 953 g/mol. The summed E-state index contributed by atoms with van der Waals surface area (Å²) in [4.78, 5) is 0. The van der Waals surface area contributed by atoms with Gasteiger partial charge < -0.3 is 4.74 Å². The maximum absolute atomic E-state index is 7.97. The molecule has 0 saturated heterocycles. The minimum Gasteiger partial charge on any atom is -0.455 e. The van der Waals surface area contributed by atoms with Crippen LogP contribution in [0.4, 0.5) is 0 Å². The van der Waals surface area contributed by atoms with Crippen molar-refractivity contribution in [3.8, 4) is 11.5 Å². The van der Waals surface area contributed by atoms with Crippen LogP contribution >= 0.6 is 0 Å². The predicted molar refractivity (Wildman–Crippen MR) is 355 cm³/mol. The number of benzene rings is 6. The van der Waals surface area contributed by atoms with E-state index in [0.29, 0.717) is 0 Å². The molecule has 436 valence electrons. The third kappa shape index (κ3) is 20.8. The molecule has 0 amide bonds. The Morgan fingerprint density at radius 1 is 0.228 bits per heavy atom. The molecule has 0 spiro atoms. The summed E-state index contributed by atoms with van der Waals surface area (Å²) >= 11 is 0. The molecule has 1 nitrogen and oxygen atoms in total. The SMILES string of the molecule is CCCCCCCCCCCCc1c2ccccc2c(CCCCCCCCCCCC)c2c(Oc3c(C)ccc4c(CCCCCCCCCCCC)c5ccccc5c(CCCCCCCCCCCC)c34)c(C)ccc12. The zero-order chi connectivity index (χ0) is 55.5. The van der Waals surface area contributed by atoms with Gasteiger partial charge in [-0.05, 0) is 131 Å². The van der Waals surface area contributed by atoms with Crippen LogP contribution in [0.1, 0.15) is 318 Å². The highest BCUT2D eigenvalue weighted by atomic mass is 16.5. The van der Waals surface area contributed by atoms with E-state index in [0.717, 1.165) is 37.2 Å². The molecule has 0 bridgehead atoms. The molecule has 0 atom stereocenters. The molecule has 0 radical (unpaired) electrons. The first kappa shape index (κ1) is 64.3. The summed E-state index contributed by atoms with van der Waals surface area (Å²) in [5.74, 6) is 2.22. The van der Waals surface area contributed by atoms with Crippen LogP contribution in [0.25, 0.3) is 43.1 Å². The van der Waals surface area contributed by atoms with E-state index in [2.05, 4.69) is 114 Å². The third-order valence-electron chi connectivity index (χ3n) is 18.4. The van der Waals surface area contributed by atoms with Gasteiger partial charge in [0.1, 0.15) is 11.5 Å². The lowest BCUT2D eigenvalue weighted by molar-refractivity contribution is 0.485. The first-order chi connectivity index (χ1) is 39.0. The molecule has 79 heavy (non-hydrogen) atoms. The highest BCUT2D eigenvalue weighted by molar-refractivity contribution is 6.11. The van der Waals surface area contributed by atoms with Crippen LogP contribution in [0.2, 0.25) is 0 Å². The Morgan fingerprint density at radius 3 is 0.696 bits per heavy atom. The summed E-state index contributed by atoms with van der Waals surface area (Å²) in [6.07, 6.45) is 58.9. The molecule has 0 N–H and O–H groups in total. The summed E-state index contributed by atoms with van der Waals surface area (Å²) < 4.78 is 7.97. The number of unbranched alkanes of at least 4 members (excludes halogenated alkanes) is 36. The van der Waals surface area contributed by atoms with E-state index in [4.69, 9.17) is 4.74 Å². The second kappa shape index (κ2) is 38.8. The van der Waals surface area contributed by atoms with Crippen molar-refractivity contribution in [2.24, 2.45) is 0 Å². The molecule has 0 aromatic heterocycles. The highest BCUT2D eigenvalue weighted by Crippen LogP contribution is 2.47. The average Bonchev–Trinajstić information content (AvgIpc) is 3.66. The number of fused-ring (bicyclic) bond motifs is 4. The number of hydrogen-bond acceptors (Lipinski definition) is 1. The van der Waals surface area contributed by atoms with Crippen LogP contribution in [-0.2, 0) is 25.7 Å². The second-order valence-corrected chi connectivity index (χ2v) is 25.1. The Balaban J connectivity index is 1.37. The number of aryl methyl sites for hydroxylation is 6. The van der Waals surface area contributed by atoms with Crippen molar-refractivity contribution in [1.82, 2.24) is 0 Å². The predicted octanol–water partition coefficient (Wildman–Crippen LogP) is 26.6. The van der Waals surface area contributed by atoms with Gasteiger partial charge in [-0.1, -0.05) is 332 Å². The largest absolute Gasteiger partial charge is 0.455 e. The molecule has 1 heteroatoms. The van der Waals surface area contributed by atoms with Gasteiger partial charge in [0.25, 0.3) is 0 Å². The highest BCUT2D eigenvalue weighted by Gasteiger charge is 2.23. The van der Waals surface area contributed by atoms with Gasteiger partial charge in [-0.15, -0.1) is 0 Å². The summed E-state index contributed by atoms with van der Waals surface area (Å²) in [6, 6.07) is 28.9. The van der Waals surface area contributed by atoms with E-state index in [1.807, 2.05) is 0 Å². The van der Waals surface area contributed by atoms with E-state index >= 15 is 0 Å². The number of rotatable bonds is 46. The van der Waals surface area contributed by atoms with Crippen molar-refractivity contribution in [1.29, 1.82) is 0 Å². The molecular formula is C78H118O. The van der Waals surface area contributed by atoms with Gasteiger partial charge in [0.05, 0.1) is 0 Å². The summed E-state index contributed by atoms with van der Waals surface area (Å²) in [5, 5.41) is 11.6. The Morgan fingerprint density at radius 2 is 0.443 bits per heavy atom. The van der Waals surface area contributed by atoms with Crippen LogP contribution in [0.5, 0.6) is 11.5 Å². The van der Waals surface area contributed by atoms with Gasteiger partial charge in [-0.3, -0.25) is 0 Å². The standard InChI is InChI=1S/C78H118O/c1-7-11-15-19-23-27-31-35-39-43-51-69-65-53-47-49-55-67(65)71(57-45-41-37-33-29-25-21-17-13-9-3)75-73(69)61-59-63(5)77(75)79-78-64(6)60-62-74-70(52-44-40-36-32-28-24-20-16-12-8-2)66-54-48-50-56-68(66)72(76(74)78)58-46-42-38-34-30-26-22-18-14-10-4/h47-50,53-56,59-62H,7-46,51-52,57-58H2,1-6H3. The maximum Gasteiger partial charge on any atom is 0.138 e. The molecule has 6 aromatic rings. The fourth-order valence-corrected chi connectivity index (χ4v) is 13.6. The van der Waals surface area contributed by atoms with E-state index in [-0.39, 0.29) is 0 Å². The summed E-state index contributed by atoms with van der Waals surface area (Å²) in [6.45, 7) is 14.0. The minimum absolute atomic E-state index is 1.10. The lowest BCUT2D eigenvalue weighted by Gasteiger charge is -2.24. The van der Waals surface area contributed by atoms with Crippen molar-refractivity contribution >= 4 is 43.1 Å². The molecule has 0 aliphatic heterocycles. The van der Waals surface area contributed by atoms with Gasteiger partial charge in [0.2, 0.25) is 0 Å². The molecule has 0 fully saturated rings. The zero-order valence-electron chi connectivity index (χ0n) is 52.4. The molecule has 0 unspecified atom stereocenters. The van der Waals surface area contributed by atoms with Gasteiger partial charge >= 0.3 is 0 Å². The summed E-state index contributed by atoms with van der Waals surface area (Å²) in [5.41, 5.74) is 8.65. The van der Waals surface area contributed by atoms with Crippen LogP contribution in [0.15, 0.2) is 72.8 Å². The lowest BCUT2D eigenvalue weighted by Crippen LogP contribution is -2.03. The molecule has 0 aliphatic rings. The van der Waals surface area contributed by atoms with Crippen molar-refractivity contribution in [3.63, 3.8) is 0 Å². The maximum atomic E-state index is 7.97. The average molecular weight is 1070 g/mol. The fraction of sp³-hybridized carbons (Fsp3) is 0.641. The number of hydrogen-bond donors (Lipinski definition) is 0. The smallest absolute Gasteiger partial charge is 0.138 e. The van der Waals surface area contributed by atoms with Crippen molar-refractivity contribution in [2.45, 2.75) is 324 Å². The van der Waals surface area contributed by atoms with Crippen molar-refractivity contribution < 1.29 is 4.74 Å². The van der Waals surface area contributed by atoms with Gasteiger partial charge in [-0.2, -0.15) is 0 Å². The Kier molecular flexibility index (Phi) is 31.6. The van der Waals surface area contributed by atoms with Crippen LogP contribution in [0.3, 0.4) is 0 Å². The van der Waals surface area contributed by atoms with Gasteiger partial charge in [-0.25, -0.2) is 0 Å². The monoisotopic (exact) mass is 1070 g/mol. The Hall–Kier alpha value is -3.84. The van der Waals surface area contributed by atoms with Crippen LogP contribution in [0, 0.1) is 13.8 Å². The zero-order valence-corrected chi connectivity index (χ0v) is 52.4. The molecule has 0 heterocycles. The Bertz CT molecular complexity index is 2410. The van der Waals surface area contributed by atoms with E-state index < -0.39 is 0 Å². The number of ether oxygens (including phenoxy) is 1. The van der Waals surface area contributed by atoms with Gasteiger partial charge in [0.15, 0.2) is 0 Å². The normalized spacial score (nSPS) is 11.9. The first-order valence-corrected chi connectivity index (χ1v) is 34.6. The molecule has 0 aliphatic carbocycles. The molecule has 6 aromatic carbocycles. The van der Waals surface area contributed by atoms with Crippen LogP contribution < -0.4 is 4.74 Å². The van der Waals surface area contributed by atoms with E-state index in [9.17, 15) is 0 Å². The van der Waals surface area contributed by atoms with Crippen molar-refractivity contribution in [3.05, 3.63) is 106 Å². The minimum atomic E-state index is 1.10. The third-order valence-corrected chi connectivity index (χ3v) is 18.4. The van der Waals surface area contributed by atoms with Crippen LogP contribution in [-0.4, -0.2) is 0 Å². The van der Waals surface area contributed by atoms with Crippen molar-refractivity contribution in [2.75, 3.05) is 0 Å². The Labute approximate surface area is 487 Å². The second-order valence-electron chi connectivity index (χ2n) is 25.1. The quantitative estimate of drug-likeness (QED) is 0.0273.